The fraction of sp³-hybridized carbons (Fsp3) is 0.516. The van der Waals surface area contributed by atoms with Gasteiger partial charge in [0.1, 0.15) is 23.5 Å². The Morgan fingerprint density at radius 1 is 0.917 bits per heavy atom. The van der Waals surface area contributed by atoms with E-state index in [1.807, 2.05) is 6.07 Å². The summed E-state index contributed by atoms with van der Waals surface area (Å²) >= 11 is 0. The normalized spacial score (nSPS) is 15.4. The standard InChI is InChI=1S/C31H41NO4/c1-5-7-10-26-23(4)25(29-17-20-36-32-29)14-16-30(26)33-18-8-19-34-31-15-13-24-12-11-22(3)35-21-28(24)27(31)9-6-2/h13-17,20,22H,5-12,18-19,21H2,1-4H3. The summed E-state index contributed by atoms with van der Waals surface area (Å²) in [4.78, 5) is 0. The predicted octanol–water partition coefficient (Wildman–Crippen LogP) is 7.64. The zero-order valence-electron chi connectivity index (χ0n) is 22.4. The minimum Gasteiger partial charge on any atom is -0.493 e. The van der Waals surface area contributed by atoms with Crippen molar-refractivity contribution in [3.8, 4) is 22.8 Å². The van der Waals surface area contributed by atoms with Crippen LogP contribution in [-0.2, 0) is 30.6 Å². The highest BCUT2D eigenvalue weighted by Crippen LogP contribution is 2.33. The minimum atomic E-state index is 0.310. The third-order valence-electron chi connectivity index (χ3n) is 7.17. The van der Waals surface area contributed by atoms with Gasteiger partial charge in [-0.05, 0) is 92.0 Å². The van der Waals surface area contributed by atoms with Gasteiger partial charge in [0.25, 0.3) is 0 Å². The van der Waals surface area contributed by atoms with Crippen LogP contribution in [0.1, 0.15) is 80.7 Å². The second-order valence-electron chi connectivity index (χ2n) is 9.84. The average molecular weight is 492 g/mol. The van der Waals surface area contributed by atoms with Crippen LogP contribution >= 0.6 is 0 Å². The van der Waals surface area contributed by atoms with Crippen LogP contribution in [-0.4, -0.2) is 24.5 Å². The lowest BCUT2D eigenvalue weighted by Gasteiger charge is -2.18. The van der Waals surface area contributed by atoms with E-state index in [0.29, 0.717) is 25.9 Å². The molecule has 0 aliphatic carbocycles. The SMILES string of the molecule is CCCCc1c(OCCCOc2ccc3c(c2CCC)COC(C)CC3)ccc(-c2ccon2)c1C. The van der Waals surface area contributed by atoms with E-state index in [9.17, 15) is 0 Å². The zero-order valence-corrected chi connectivity index (χ0v) is 22.4. The Bertz CT molecular complexity index is 1110. The first-order chi connectivity index (χ1) is 17.6. The first-order valence-electron chi connectivity index (χ1n) is 13.7. The number of unbranched alkanes of at least 4 members (excludes halogenated alkanes) is 1. The second-order valence-corrected chi connectivity index (χ2v) is 9.84. The summed E-state index contributed by atoms with van der Waals surface area (Å²) in [6, 6.07) is 10.5. The van der Waals surface area contributed by atoms with Crippen LogP contribution in [0.2, 0.25) is 0 Å². The monoisotopic (exact) mass is 491 g/mol. The van der Waals surface area contributed by atoms with Gasteiger partial charge in [-0.3, -0.25) is 0 Å². The quantitative estimate of drug-likeness (QED) is 0.244. The number of aryl methyl sites for hydroxylation is 1. The maximum absolute atomic E-state index is 6.29. The first-order valence-corrected chi connectivity index (χ1v) is 13.7. The largest absolute Gasteiger partial charge is 0.493 e. The smallest absolute Gasteiger partial charge is 0.124 e. The summed E-state index contributed by atoms with van der Waals surface area (Å²) in [5.74, 6) is 1.97. The van der Waals surface area contributed by atoms with Crippen molar-refractivity contribution in [3.05, 3.63) is 64.4 Å². The van der Waals surface area contributed by atoms with Crippen molar-refractivity contribution < 1.29 is 18.7 Å². The van der Waals surface area contributed by atoms with Gasteiger partial charge in [-0.1, -0.05) is 37.9 Å². The molecule has 3 aromatic rings. The van der Waals surface area contributed by atoms with Gasteiger partial charge < -0.3 is 18.7 Å². The number of hydrogen-bond acceptors (Lipinski definition) is 5. The molecule has 0 saturated heterocycles. The molecule has 2 aromatic carbocycles. The first kappa shape index (κ1) is 26.3. The highest BCUT2D eigenvalue weighted by atomic mass is 16.5. The number of hydrogen-bond donors (Lipinski definition) is 0. The molecule has 0 amide bonds. The lowest BCUT2D eigenvalue weighted by atomic mass is 9.95. The molecule has 1 aromatic heterocycles. The van der Waals surface area contributed by atoms with E-state index in [4.69, 9.17) is 18.7 Å². The molecule has 1 aliphatic rings. The van der Waals surface area contributed by atoms with Crippen molar-refractivity contribution in [2.75, 3.05) is 13.2 Å². The Labute approximate surface area is 216 Å². The Morgan fingerprint density at radius 2 is 1.69 bits per heavy atom. The molecule has 0 N–H and O–H groups in total. The summed E-state index contributed by atoms with van der Waals surface area (Å²) in [5.41, 5.74) is 8.55. The third kappa shape index (κ3) is 6.31. The summed E-state index contributed by atoms with van der Waals surface area (Å²) in [6.45, 7) is 10.7. The number of nitrogens with zero attached hydrogens (tertiary/aromatic N) is 1. The zero-order chi connectivity index (χ0) is 25.3. The molecule has 1 unspecified atom stereocenters. The van der Waals surface area contributed by atoms with Gasteiger partial charge in [0.2, 0.25) is 0 Å². The molecule has 4 rings (SSSR count). The molecule has 0 fully saturated rings. The van der Waals surface area contributed by atoms with Crippen LogP contribution in [0.3, 0.4) is 0 Å². The summed E-state index contributed by atoms with van der Waals surface area (Å²) < 4.78 is 23.7. The predicted molar refractivity (Wildman–Crippen MR) is 144 cm³/mol. The molecular weight excluding hydrogens is 450 g/mol. The molecular formula is C31H41NO4. The van der Waals surface area contributed by atoms with Gasteiger partial charge in [-0.25, -0.2) is 0 Å². The molecule has 0 radical (unpaired) electrons. The molecule has 0 spiro atoms. The van der Waals surface area contributed by atoms with E-state index >= 15 is 0 Å². The third-order valence-corrected chi connectivity index (χ3v) is 7.17. The minimum absolute atomic E-state index is 0.310. The van der Waals surface area contributed by atoms with Crippen molar-refractivity contribution in [2.45, 2.75) is 91.8 Å². The van der Waals surface area contributed by atoms with Crippen LogP contribution in [0.25, 0.3) is 11.3 Å². The highest BCUT2D eigenvalue weighted by molar-refractivity contribution is 5.66. The van der Waals surface area contributed by atoms with Gasteiger partial charge in [0, 0.05) is 18.1 Å². The van der Waals surface area contributed by atoms with Gasteiger partial charge in [-0.15, -0.1) is 0 Å². The van der Waals surface area contributed by atoms with Crippen LogP contribution in [0.4, 0.5) is 0 Å². The molecule has 5 nitrogen and oxygen atoms in total. The lowest BCUT2D eigenvalue weighted by Crippen LogP contribution is -2.10. The molecule has 5 heteroatoms. The fourth-order valence-electron chi connectivity index (χ4n) is 5.04. The van der Waals surface area contributed by atoms with E-state index in [2.05, 4.69) is 57.1 Å². The summed E-state index contributed by atoms with van der Waals surface area (Å²) in [5, 5.41) is 4.13. The Kier molecular flexibility index (Phi) is 9.46. The Hall–Kier alpha value is -2.79. The van der Waals surface area contributed by atoms with Gasteiger partial charge in [0.05, 0.1) is 25.9 Å². The van der Waals surface area contributed by atoms with Crippen LogP contribution < -0.4 is 9.47 Å². The van der Waals surface area contributed by atoms with E-state index in [1.165, 1.54) is 27.8 Å². The topological polar surface area (TPSA) is 53.7 Å². The molecule has 194 valence electrons. The van der Waals surface area contributed by atoms with Crippen LogP contribution in [0, 0.1) is 6.92 Å². The summed E-state index contributed by atoms with van der Waals surface area (Å²) in [6.07, 6.45) is 10.3. The van der Waals surface area contributed by atoms with Crippen molar-refractivity contribution in [3.63, 3.8) is 0 Å². The Morgan fingerprint density at radius 3 is 2.42 bits per heavy atom. The van der Waals surface area contributed by atoms with Crippen LogP contribution in [0.5, 0.6) is 11.5 Å². The number of ether oxygens (including phenoxy) is 3. The Balaban J connectivity index is 1.39. The van der Waals surface area contributed by atoms with Crippen molar-refractivity contribution in [2.24, 2.45) is 0 Å². The van der Waals surface area contributed by atoms with E-state index < -0.39 is 0 Å². The molecule has 0 saturated carbocycles. The number of aromatic nitrogens is 1. The summed E-state index contributed by atoms with van der Waals surface area (Å²) in [7, 11) is 0. The van der Waals surface area contributed by atoms with E-state index in [-0.39, 0.29) is 0 Å². The number of benzene rings is 2. The maximum Gasteiger partial charge on any atom is 0.124 e. The lowest BCUT2D eigenvalue weighted by molar-refractivity contribution is 0.0532. The molecule has 2 heterocycles. The maximum atomic E-state index is 6.29. The number of rotatable bonds is 12. The number of fused-ring (bicyclic) bond motifs is 1. The van der Waals surface area contributed by atoms with Crippen molar-refractivity contribution >= 4 is 0 Å². The van der Waals surface area contributed by atoms with E-state index in [1.54, 1.807) is 6.26 Å². The highest BCUT2D eigenvalue weighted by Gasteiger charge is 2.19. The molecule has 0 bridgehead atoms. The second kappa shape index (κ2) is 13.0. The van der Waals surface area contributed by atoms with Gasteiger partial charge in [0.15, 0.2) is 0 Å². The van der Waals surface area contributed by atoms with Gasteiger partial charge >= 0.3 is 0 Å². The molecule has 1 aliphatic heterocycles. The fourth-order valence-corrected chi connectivity index (χ4v) is 5.04. The van der Waals surface area contributed by atoms with Crippen LogP contribution in [0.15, 0.2) is 41.1 Å². The molecule has 36 heavy (non-hydrogen) atoms. The van der Waals surface area contributed by atoms with Gasteiger partial charge in [-0.2, -0.15) is 0 Å². The molecule has 1 atom stereocenters. The van der Waals surface area contributed by atoms with Crippen molar-refractivity contribution in [1.29, 1.82) is 0 Å². The van der Waals surface area contributed by atoms with Crippen molar-refractivity contribution in [1.82, 2.24) is 5.16 Å². The average Bonchev–Trinajstić information content (AvgIpc) is 3.34. The van der Waals surface area contributed by atoms with E-state index in [0.717, 1.165) is 74.1 Å².